The van der Waals surface area contributed by atoms with E-state index in [-0.39, 0.29) is 17.8 Å². The van der Waals surface area contributed by atoms with Gasteiger partial charge in [-0.3, -0.25) is 0 Å². The third-order valence-corrected chi connectivity index (χ3v) is 3.85. The van der Waals surface area contributed by atoms with Crippen LogP contribution < -0.4 is 0 Å². The highest BCUT2D eigenvalue weighted by Gasteiger charge is 2.76. The average Bonchev–Trinajstić information content (AvgIpc) is 2.46. The molecule has 8 heteroatoms. The molecule has 0 radical (unpaired) electrons. The Balaban J connectivity index is 1.73. The first-order chi connectivity index (χ1) is 7.09. The summed E-state index contributed by atoms with van der Waals surface area (Å²) in [5.41, 5.74) is 0. The lowest BCUT2D eigenvalue weighted by Crippen LogP contribution is -2.28. The maximum atomic E-state index is 10.2. The third-order valence-electron chi connectivity index (χ3n) is 3.85. The summed E-state index contributed by atoms with van der Waals surface area (Å²) in [6.45, 7) is 0. The first kappa shape index (κ1) is 8.69. The lowest BCUT2D eigenvalue weighted by atomic mass is 10.1. The van der Waals surface area contributed by atoms with Gasteiger partial charge in [-0.25, -0.2) is 0 Å². The predicted molar refractivity (Wildman–Crippen MR) is 42.3 cm³/mol. The second-order valence-electron chi connectivity index (χ2n) is 4.31. The second kappa shape index (κ2) is 2.50. The molecule has 6 atom stereocenters. The molecule has 0 aromatic carbocycles. The molecule has 0 heterocycles. The largest absolute Gasteiger partial charge is 0.310 e. The number of nitrogens with zero attached hydrogens (tertiary/aromatic N) is 2. The van der Waals surface area contributed by atoms with Gasteiger partial charge in [-0.15, -0.1) is 20.2 Å². The van der Waals surface area contributed by atoms with Crippen LogP contribution in [0.25, 0.3) is 0 Å². The average molecular weight is 216 g/mol. The molecule has 4 aliphatic rings. The van der Waals surface area contributed by atoms with Crippen molar-refractivity contribution in [1.82, 2.24) is 0 Å². The van der Waals surface area contributed by atoms with Crippen molar-refractivity contribution in [3.63, 3.8) is 0 Å². The van der Waals surface area contributed by atoms with Crippen LogP contribution in [0.3, 0.4) is 0 Å². The standard InChI is InChI=1S/C7H8N2O6/c10-8(11)14-6-3-1-2-4(6)5(2)7(3)15-9(12)13/h2-7H,1H2/t2?,3?,4-,5+,6-,7+. The van der Waals surface area contributed by atoms with Crippen molar-refractivity contribution in [3.8, 4) is 0 Å². The molecule has 4 bridgehead atoms. The Hall–Kier alpha value is -1.60. The Morgan fingerprint density at radius 1 is 0.933 bits per heavy atom. The van der Waals surface area contributed by atoms with Crippen LogP contribution in [0.15, 0.2) is 0 Å². The fraction of sp³-hybridized carbons (Fsp3) is 1.00. The fourth-order valence-corrected chi connectivity index (χ4v) is 3.50. The van der Waals surface area contributed by atoms with Gasteiger partial charge < -0.3 is 9.68 Å². The van der Waals surface area contributed by atoms with E-state index in [1.807, 2.05) is 0 Å². The van der Waals surface area contributed by atoms with E-state index in [4.69, 9.17) is 0 Å². The molecule has 82 valence electrons. The summed E-state index contributed by atoms with van der Waals surface area (Å²) in [5, 5.41) is 18.8. The highest BCUT2D eigenvalue weighted by atomic mass is 17.0. The SMILES string of the molecule is O=[N+]([O-])O[C@@H]1C2CC3[C@@H]1[C@H]3[C@H]2O[N+](=O)[O-]. The van der Waals surface area contributed by atoms with Gasteiger partial charge in [0.15, 0.2) is 0 Å². The molecule has 0 saturated heterocycles. The fourth-order valence-electron chi connectivity index (χ4n) is 3.50. The van der Waals surface area contributed by atoms with Crippen molar-refractivity contribution in [1.29, 1.82) is 0 Å². The van der Waals surface area contributed by atoms with Crippen LogP contribution in [0.1, 0.15) is 6.42 Å². The van der Waals surface area contributed by atoms with Crippen molar-refractivity contribution in [2.24, 2.45) is 23.7 Å². The van der Waals surface area contributed by atoms with Crippen molar-refractivity contribution < 1.29 is 19.8 Å². The molecule has 0 amide bonds. The Morgan fingerprint density at radius 2 is 1.40 bits per heavy atom. The van der Waals surface area contributed by atoms with Crippen molar-refractivity contribution in [2.45, 2.75) is 18.6 Å². The molecule has 15 heavy (non-hydrogen) atoms. The lowest BCUT2D eigenvalue weighted by Gasteiger charge is -2.16. The van der Waals surface area contributed by atoms with E-state index < -0.39 is 22.4 Å². The highest BCUT2D eigenvalue weighted by Crippen LogP contribution is 2.71. The monoisotopic (exact) mass is 216 g/mol. The van der Waals surface area contributed by atoms with Crippen LogP contribution in [0, 0.1) is 43.9 Å². The Bertz CT molecular complexity index is 316. The van der Waals surface area contributed by atoms with Gasteiger partial charge >= 0.3 is 0 Å². The summed E-state index contributed by atoms with van der Waals surface area (Å²) in [6, 6.07) is 0. The summed E-state index contributed by atoms with van der Waals surface area (Å²) in [5.74, 6) is 0.362. The van der Waals surface area contributed by atoms with Gasteiger partial charge in [0.25, 0.3) is 10.2 Å². The summed E-state index contributed by atoms with van der Waals surface area (Å²) in [7, 11) is 0. The number of rotatable bonds is 4. The normalized spacial score (nSPS) is 48.8. The zero-order chi connectivity index (χ0) is 10.7. The lowest BCUT2D eigenvalue weighted by molar-refractivity contribution is -0.779. The molecular weight excluding hydrogens is 208 g/mol. The summed E-state index contributed by atoms with van der Waals surface area (Å²) in [4.78, 5) is 29.5. The molecule has 4 rings (SSSR count). The van der Waals surface area contributed by atoms with Gasteiger partial charge in [0, 0.05) is 5.92 Å². The van der Waals surface area contributed by atoms with E-state index in [9.17, 15) is 20.2 Å². The van der Waals surface area contributed by atoms with Crippen molar-refractivity contribution in [2.75, 3.05) is 0 Å². The van der Waals surface area contributed by atoms with E-state index in [0.29, 0.717) is 5.92 Å². The van der Waals surface area contributed by atoms with E-state index in [2.05, 4.69) is 9.68 Å². The minimum absolute atomic E-state index is 0.102. The molecule has 0 aromatic heterocycles. The second-order valence-corrected chi connectivity index (χ2v) is 4.31. The van der Waals surface area contributed by atoms with Gasteiger partial charge in [-0.2, -0.15) is 0 Å². The molecule has 4 fully saturated rings. The van der Waals surface area contributed by atoms with Gasteiger partial charge in [0.1, 0.15) is 12.2 Å². The molecule has 0 aliphatic heterocycles. The first-order valence-corrected chi connectivity index (χ1v) is 4.72. The van der Waals surface area contributed by atoms with Gasteiger partial charge in [-0.1, -0.05) is 0 Å². The maximum Gasteiger partial charge on any atom is 0.294 e. The van der Waals surface area contributed by atoms with Crippen LogP contribution in [0.5, 0.6) is 0 Å². The van der Waals surface area contributed by atoms with Gasteiger partial charge in [0.05, 0.1) is 0 Å². The van der Waals surface area contributed by atoms with E-state index in [0.717, 1.165) is 6.42 Å². The number of hydrogen-bond donors (Lipinski definition) is 0. The molecule has 0 aromatic rings. The molecule has 2 unspecified atom stereocenters. The van der Waals surface area contributed by atoms with E-state index in [1.165, 1.54) is 0 Å². The minimum atomic E-state index is -0.816. The van der Waals surface area contributed by atoms with Crippen molar-refractivity contribution >= 4 is 0 Å². The molecular formula is C7H8N2O6. The summed E-state index contributed by atoms with van der Waals surface area (Å²) < 4.78 is 0. The predicted octanol–water partition coefficient (Wildman–Crippen LogP) is 0.0359. The van der Waals surface area contributed by atoms with Crippen LogP contribution >= 0.6 is 0 Å². The zero-order valence-electron chi connectivity index (χ0n) is 7.52. The van der Waals surface area contributed by atoms with E-state index >= 15 is 0 Å². The topological polar surface area (TPSA) is 105 Å². The van der Waals surface area contributed by atoms with Crippen LogP contribution in [0.4, 0.5) is 0 Å². The minimum Gasteiger partial charge on any atom is -0.310 e. The highest BCUT2D eigenvalue weighted by molar-refractivity contribution is 5.22. The Labute approximate surface area is 83.4 Å². The molecule has 4 aliphatic carbocycles. The van der Waals surface area contributed by atoms with Crippen molar-refractivity contribution in [3.05, 3.63) is 20.2 Å². The zero-order valence-corrected chi connectivity index (χ0v) is 7.52. The Morgan fingerprint density at radius 3 is 1.73 bits per heavy atom. The first-order valence-electron chi connectivity index (χ1n) is 4.72. The quantitative estimate of drug-likeness (QED) is 0.485. The molecule has 0 spiro atoms. The van der Waals surface area contributed by atoms with Crippen LogP contribution in [0.2, 0.25) is 0 Å². The Kier molecular flexibility index (Phi) is 1.45. The maximum absolute atomic E-state index is 10.2. The summed E-state index contributed by atoms with van der Waals surface area (Å²) >= 11 is 0. The van der Waals surface area contributed by atoms with Crippen LogP contribution in [-0.4, -0.2) is 22.4 Å². The van der Waals surface area contributed by atoms with E-state index in [1.54, 1.807) is 0 Å². The van der Waals surface area contributed by atoms with Gasteiger partial charge in [0.2, 0.25) is 0 Å². The summed E-state index contributed by atoms with van der Waals surface area (Å²) in [6.07, 6.45) is -0.216. The number of hydrogen-bond acceptors (Lipinski definition) is 6. The smallest absolute Gasteiger partial charge is 0.294 e. The third kappa shape index (κ3) is 1.01. The molecule has 4 saturated carbocycles. The van der Waals surface area contributed by atoms with Gasteiger partial charge in [-0.05, 0) is 24.2 Å². The molecule has 8 nitrogen and oxygen atoms in total. The van der Waals surface area contributed by atoms with Crippen LogP contribution in [-0.2, 0) is 9.68 Å². The molecule has 0 N–H and O–H groups in total.